The van der Waals surface area contributed by atoms with Crippen LogP contribution >= 0.6 is 11.6 Å². The van der Waals surface area contributed by atoms with E-state index in [1.54, 1.807) is 0 Å². The molecule has 0 nitrogen and oxygen atoms in total. The van der Waals surface area contributed by atoms with Crippen LogP contribution in [-0.4, -0.2) is 0 Å². The monoisotopic (exact) mass is 161 g/mol. The lowest BCUT2D eigenvalue weighted by molar-refractivity contribution is 1.74. The molecule has 0 aromatic heterocycles. The Morgan fingerprint density at radius 2 is 1.91 bits per heavy atom. The van der Waals surface area contributed by atoms with Crippen LogP contribution in [0.3, 0.4) is 0 Å². The van der Waals surface area contributed by atoms with E-state index in [1.165, 1.54) is 0 Å². The summed E-state index contributed by atoms with van der Waals surface area (Å²) < 4.78 is 0. The molecule has 0 saturated heterocycles. The van der Waals surface area contributed by atoms with Gasteiger partial charge < -0.3 is 0 Å². The number of halogens is 1. The van der Waals surface area contributed by atoms with E-state index < -0.39 is 0 Å². The van der Waals surface area contributed by atoms with E-state index >= 15 is 0 Å². The Bertz CT molecular complexity index is 374. The van der Waals surface area contributed by atoms with Crippen molar-refractivity contribution in [2.45, 2.75) is 0 Å². The first-order chi connectivity index (χ1) is 5.38. The van der Waals surface area contributed by atoms with Crippen molar-refractivity contribution in [3.63, 3.8) is 0 Å². The summed E-state index contributed by atoms with van der Waals surface area (Å²) in [5, 5.41) is 2.93. The zero-order valence-electron chi connectivity index (χ0n) is 5.84. The van der Waals surface area contributed by atoms with Gasteiger partial charge >= 0.3 is 0 Å². The van der Waals surface area contributed by atoms with Gasteiger partial charge in [-0.25, -0.2) is 0 Å². The quantitative estimate of drug-likeness (QED) is 0.556. The second-order valence-electron chi connectivity index (χ2n) is 2.37. The van der Waals surface area contributed by atoms with Crippen molar-refractivity contribution in [2.75, 3.05) is 0 Å². The van der Waals surface area contributed by atoms with Crippen LogP contribution in [0.5, 0.6) is 0 Å². The average Bonchev–Trinajstić information content (AvgIpc) is 2.06. The van der Waals surface area contributed by atoms with E-state index in [0.29, 0.717) is 0 Å². The summed E-state index contributed by atoms with van der Waals surface area (Å²) in [6.45, 7) is 0. The summed E-state index contributed by atoms with van der Waals surface area (Å²) in [6, 6.07) is 14.7. The van der Waals surface area contributed by atoms with Gasteiger partial charge in [0.1, 0.15) is 0 Å². The van der Waals surface area contributed by atoms with Crippen molar-refractivity contribution in [2.24, 2.45) is 0 Å². The first-order valence-corrected chi connectivity index (χ1v) is 3.80. The van der Waals surface area contributed by atoms with Crippen molar-refractivity contribution in [3.05, 3.63) is 47.5 Å². The molecule has 0 aliphatic rings. The lowest BCUT2D eigenvalue weighted by Gasteiger charge is -1.96. The topological polar surface area (TPSA) is 0 Å². The highest BCUT2D eigenvalue weighted by molar-refractivity contribution is 6.35. The highest BCUT2D eigenvalue weighted by atomic mass is 35.5. The van der Waals surface area contributed by atoms with Gasteiger partial charge in [0.15, 0.2) is 0 Å². The van der Waals surface area contributed by atoms with E-state index in [0.717, 1.165) is 15.8 Å². The van der Waals surface area contributed by atoms with Gasteiger partial charge in [-0.05, 0) is 17.5 Å². The van der Waals surface area contributed by atoms with Gasteiger partial charge in [0.25, 0.3) is 0 Å². The molecule has 0 aliphatic carbocycles. The molecule has 0 heterocycles. The Morgan fingerprint density at radius 3 is 2.73 bits per heavy atom. The average molecular weight is 162 g/mol. The summed E-state index contributed by atoms with van der Waals surface area (Å²) in [5.41, 5.74) is 0. The molecule has 0 unspecified atom stereocenters. The molecule has 0 N–H and O–H groups in total. The maximum atomic E-state index is 5.94. The van der Waals surface area contributed by atoms with Gasteiger partial charge in [-0.2, -0.15) is 0 Å². The molecule has 0 atom stereocenters. The number of rotatable bonds is 0. The molecule has 53 valence electrons. The van der Waals surface area contributed by atoms with Crippen LogP contribution in [-0.2, 0) is 0 Å². The minimum absolute atomic E-state index is 0.791. The molecule has 1 heteroatoms. The maximum Gasteiger partial charge on any atom is 0.0484 e. The van der Waals surface area contributed by atoms with E-state index in [9.17, 15) is 0 Å². The molecule has 1 radical (unpaired) electrons. The third kappa shape index (κ3) is 1.10. The predicted octanol–water partition coefficient (Wildman–Crippen LogP) is 3.29. The van der Waals surface area contributed by atoms with Crippen molar-refractivity contribution < 1.29 is 0 Å². The fraction of sp³-hybridized carbons (Fsp3) is 0. The Kier molecular flexibility index (Phi) is 1.55. The summed E-state index contributed by atoms with van der Waals surface area (Å²) in [5.74, 6) is 0. The third-order valence-electron chi connectivity index (χ3n) is 1.65. The largest absolute Gasteiger partial charge is 0.0837 e. The van der Waals surface area contributed by atoms with Crippen molar-refractivity contribution in [1.29, 1.82) is 0 Å². The fourth-order valence-electron chi connectivity index (χ4n) is 1.11. The molecule has 0 fully saturated rings. The Balaban J connectivity index is 2.91. The van der Waals surface area contributed by atoms with Crippen LogP contribution in [0, 0.1) is 6.07 Å². The molecule has 0 aliphatic heterocycles. The second kappa shape index (κ2) is 2.55. The molecule has 2 rings (SSSR count). The first-order valence-electron chi connectivity index (χ1n) is 3.43. The minimum atomic E-state index is 0.791. The zero-order chi connectivity index (χ0) is 7.68. The van der Waals surface area contributed by atoms with Crippen molar-refractivity contribution in [1.82, 2.24) is 0 Å². The SMILES string of the molecule is Clc1cc[c]c2ccccc12. The van der Waals surface area contributed by atoms with E-state index in [4.69, 9.17) is 11.6 Å². The molecule has 2 aromatic carbocycles. The molecular formula is C10H6Cl. The number of benzene rings is 2. The molecule has 0 bridgehead atoms. The van der Waals surface area contributed by atoms with E-state index in [1.807, 2.05) is 36.4 Å². The third-order valence-corrected chi connectivity index (χ3v) is 1.98. The summed E-state index contributed by atoms with van der Waals surface area (Å²) in [6.07, 6.45) is 0. The van der Waals surface area contributed by atoms with Crippen LogP contribution in [0.2, 0.25) is 5.02 Å². The Morgan fingerprint density at radius 1 is 1.09 bits per heavy atom. The first kappa shape index (κ1) is 6.68. The van der Waals surface area contributed by atoms with Crippen molar-refractivity contribution >= 4 is 22.4 Å². The number of hydrogen-bond donors (Lipinski definition) is 0. The molecular weight excluding hydrogens is 156 g/mol. The van der Waals surface area contributed by atoms with Crippen LogP contribution in [0.25, 0.3) is 10.8 Å². The summed E-state index contributed by atoms with van der Waals surface area (Å²) in [4.78, 5) is 0. The zero-order valence-corrected chi connectivity index (χ0v) is 6.60. The molecule has 2 aromatic rings. The number of hydrogen-bond acceptors (Lipinski definition) is 0. The lowest BCUT2D eigenvalue weighted by atomic mass is 10.1. The predicted molar refractivity (Wildman–Crippen MR) is 47.8 cm³/mol. The second-order valence-corrected chi connectivity index (χ2v) is 2.78. The fourth-order valence-corrected chi connectivity index (χ4v) is 1.34. The number of fused-ring (bicyclic) bond motifs is 1. The Hall–Kier alpha value is -1.01. The van der Waals surface area contributed by atoms with Gasteiger partial charge in [0.2, 0.25) is 0 Å². The molecule has 0 amide bonds. The van der Waals surface area contributed by atoms with Crippen LogP contribution in [0.4, 0.5) is 0 Å². The minimum Gasteiger partial charge on any atom is -0.0837 e. The maximum absolute atomic E-state index is 5.94. The van der Waals surface area contributed by atoms with Crippen LogP contribution < -0.4 is 0 Å². The van der Waals surface area contributed by atoms with Gasteiger partial charge in [-0.3, -0.25) is 0 Å². The lowest BCUT2D eigenvalue weighted by Crippen LogP contribution is -1.71. The van der Waals surface area contributed by atoms with Crippen LogP contribution in [0.1, 0.15) is 0 Å². The normalized spacial score (nSPS) is 10.3. The van der Waals surface area contributed by atoms with E-state index in [2.05, 4.69) is 6.07 Å². The van der Waals surface area contributed by atoms with Gasteiger partial charge in [0.05, 0.1) is 0 Å². The molecule has 11 heavy (non-hydrogen) atoms. The van der Waals surface area contributed by atoms with Gasteiger partial charge in [-0.15, -0.1) is 0 Å². The van der Waals surface area contributed by atoms with E-state index in [-0.39, 0.29) is 0 Å². The molecule has 0 saturated carbocycles. The Labute approximate surface area is 70.4 Å². The van der Waals surface area contributed by atoms with Crippen molar-refractivity contribution in [3.8, 4) is 0 Å². The van der Waals surface area contributed by atoms with Crippen LogP contribution in [0.15, 0.2) is 36.4 Å². The highest BCUT2D eigenvalue weighted by Gasteiger charge is 1.94. The highest BCUT2D eigenvalue weighted by Crippen LogP contribution is 2.21. The summed E-state index contributed by atoms with van der Waals surface area (Å²) >= 11 is 5.94. The molecule has 0 spiro atoms. The summed E-state index contributed by atoms with van der Waals surface area (Å²) in [7, 11) is 0. The van der Waals surface area contributed by atoms with Gasteiger partial charge in [0, 0.05) is 10.4 Å². The smallest absolute Gasteiger partial charge is 0.0484 e. The van der Waals surface area contributed by atoms with Gasteiger partial charge in [-0.1, -0.05) is 41.9 Å². The standard InChI is InChI=1S/C10H6Cl/c11-10-7-3-5-8-4-1-2-6-9(8)10/h1-4,6-7H.